The predicted molar refractivity (Wildman–Crippen MR) is 117 cm³/mol. The van der Waals surface area contributed by atoms with Crippen LogP contribution in [0.3, 0.4) is 0 Å². The number of hydrogen-bond acceptors (Lipinski definition) is 4. The minimum absolute atomic E-state index is 0.0308. The quantitative estimate of drug-likeness (QED) is 0.560. The van der Waals surface area contributed by atoms with Crippen molar-refractivity contribution in [2.75, 3.05) is 38.6 Å². The molecule has 168 valence electrons. The lowest BCUT2D eigenvalue weighted by atomic mass is 10.1. The van der Waals surface area contributed by atoms with Crippen molar-refractivity contribution >= 4 is 17.5 Å². The van der Waals surface area contributed by atoms with E-state index in [-0.39, 0.29) is 22.6 Å². The zero-order valence-electron chi connectivity index (χ0n) is 18.1. The molecular weight excluding hydrogens is 404 g/mol. The second-order valence-electron chi connectivity index (χ2n) is 7.06. The van der Waals surface area contributed by atoms with Crippen LogP contribution in [0.4, 0.5) is 14.5 Å². The lowest BCUT2D eigenvalue weighted by Gasteiger charge is -2.21. The average Bonchev–Trinajstić information content (AvgIpc) is 2.73. The molecule has 0 saturated carbocycles. The highest BCUT2D eigenvalue weighted by molar-refractivity contribution is 6.09. The molecule has 2 rings (SSSR count). The number of anilines is 1. The summed E-state index contributed by atoms with van der Waals surface area (Å²) in [7, 11) is 1.38. The van der Waals surface area contributed by atoms with Crippen LogP contribution in [0, 0.1) is 11.6 Å². The van der Waals surface area contributed by atoms with Crippen LogP contribution in [-0.2, 0) is 0 Å². The van der Waals surface area contributed by atoms with E-state index in [0.717, 1.165) is 38.1 Å². The van der Waals surface area contributed by atoms with Crippen molar-refractivity contribution < 1.29 is 23.1 Å². The number of nitrogens with one attached hydrogen (secondary N) is 2. The molecule has 2 amide bonds. The minimum atomic E-state index is -0.795. The molecule has 0 aliphatic heterocycles. The summed E-state index contributed by atoms with van der Waals surface area (Å²) in [4.78, 5) is 27.4. The van der Waals surface area contributed by atoms with Gasteiger partial charge in [0.1, 0.15) is 17.4 Å². The van der Waals surface area contributed by atoms with Gasteiger partial charge in [-0.25, -0.2) is 8.78 Å². The number of carbonyl (C=O) groups excluding carboxylic acids is 2. The maximum Gasteiger partial charge on any atom is 0.258 e. The number of ether oxygens (including phenoxy) is 1. The number of rotatable bonds is 11. The fourth-order valence-electron chi connectivity index (χ4n) is 3.24. The van der Waals surface area contributed by atoms with E-state index in [2.05, 4.69) is 29.4 Å². The molecular formula is C23H29F2N3O3. The van der Waals surface area contributed by atoms with Gasteiger partial charge in [-0.05, 0) is 50.2 Å². The first kappa shape index (κ1) is 24.3. The van der Waals surface area contributed by atoms with E-state index in [1.807, 2.05) is 0 Å². The molecule has 2 aromatic rings. The number of benzene rings is 2. The van der Waals surface area contributed by atoms with Crippen LogP contribution in [0.5, 0.6) is 5.75 Å². The molecule has 0 unspecified atom stereocenters. The van der Waals surface area contributed by atoms with Gasteiger partial charge in [0.15, 0.2) is 0 Å². The van der Waals surface area contributed by atoms with Gasteiger partial charge in [-0.3, -0.25) is 9.59 Å². The molecule has 0 radical (unpaired) electrons. The van der Waals surface area contributed by atoms with Gasteiger partial charge < -0.3 is 20.3 Å². The smallest absolute Gasteiger partial charge is 0.258 e. The number of halogens is 2. The molecule has 8 heteroatoms. The summed E-state index contributed by atoms with van der Waals surface area (Å²) in [5.41, 5.74) is -0.565. The molecule has 0 aliphatic carbocycles. The third-order valence-corrected chi connectivity index (χ3v) is 4.70. The monoisotopic (exact) mass is 433 g/mol. The minimum Gasteiger partial charge on any atom is -0.497 e. The Morgan fingerprint density at radius 3 is 2.29 bits per heavy atom. The van der Waals surface area contributed by atoms with Crippen molar-refractivity contribution in [3.8, 4) is 5.75 Å². The Kier molecular flexibility index (Phi) is 9.40. The van der Waals surface area contributed by atoms with Crippen LogP contribution in [0.2, 0.25) is 0 Å². The third kappa shape index (κ3) is 6.75. The van der Waals surface area contributed by atoms with E-state index in [9.17, 15) is 18.4 Å². The van der Waals surface area contributed by atoms with Crippen molar-refractivity contribution in [2.24, 2.45) is 0 Å². The molecule has 31 heavy (non-hydrogen) atoms. The van der Waals surface area contributed by atoms with Gasteiger partial charge in [0.05, 0.1) is 23.9 Å². The number of hydrogen-bond donors (Lipinski definition) is 2. The predicted octanol–water partition coefficient (Wildman–Crippen LogP) is 4.08. The number of nitrogens with zero attached hydrogens (tertiary/aromatic N) is 1. The van der Waals surface area contributed by atoms with Crippen molar-refractivity contribution in [3.63, 3.8) is 0 Å². The topological polar surface area (TPSA) is 70.7 Å². The highest BCUT2D eigenvalue weighted by Crippen LogP contribution is 2.22. The SMILES string of the molecule is CCCN(CCC)CCNC(=O)c1c(F)cccc1NC(=O)c1ccc(OC)cc1F. The maximum atomic E-state index is 14.4. The molecule has 0 bridgehead atoms. The summed E-state index contributed by atoms with van der Waals surface area (Å²) in [5.74, 6) is -2.73. The van der Waals surface area contributed by atoms with E-state index in [0.29, 0.717) is 13.1 Å². The molecule has 0 aromatic heterocycles. The van der Waals surface area contributed by atoms with E-state index < -0.39 is 23.4 Å². The molecule has 2 N–H and O–H groups in total. The van der Waals surface area contributed by atoms with Gasteiger partial charge >= 0.3 is 0 Å². The fourth-order valence-corrected chi connectivity index (χ4v) is 3.24. The second-order valence-corrected chi connectivity index (χ2v) is 7.06. The number of methoxy groups -OCH3 is 1. The lowest BCUT2D eigenvalue weighted by molar-refractivity contribution is 0.0945. The number of amides is 2. The normalized spacial score (nSPS) is 10.8. The first-order valence-electron chi connectivity index (χ1n) is 10.3. The van der Waals surface area contributed by atoms with Gasteiger partial charge in [-0.1, -0.05) is 19.9 Å². The first-order chi connectivity index (χ1) is 14.9. The summed E-state index contributed by atoms with van der Waals surface area (Å²) in [5, 5.41) is 5.14. The molecule has 0 spiro atoms. The molecule has 0 aliphatic rings. The molecule has 0 fully saturated rings. The first-order valence-corrected chi connectivity index (χ1v) is 10.3. The van der Waals surface area contributed by atoms with Crippen LogP contribution in [-0.4, -0.2) is 50.0 Å². The van der Waals surface area contributed by atoms with E-state index in [1.165, 1.54) is 31.4 Å². The van der Waals surface area contributed by atoms with Gasteiger partial charge in [0.25, 0.3) is 11.8 Å². The van der Waals surface area contributed by atoms with Crippen LogP contribution < -0.4 is 15.4 Å². The summed E-state index contributed by atoms with van der Waals surface area (Å²) < 4.78 is 33.6. The molecule has 0 heterocycles. The van der Waals surface area contributed by atoms with Gasteiger partial charge in [-0.2, -0.15) is 0 Å². The van der Waals surface area contributed by atoms with Crippen LogP contribution >= 0.6 is 0 Å². The Bertz CT molecular complexity index is 900. The second kappa shape index (κ2) is 12.0. The zero-order chi connectivity index (χ0) is 22.8. The molecule has 2 aromatic carbocycles. The standard InChI is InChI=1S/C23H29F2N3O3/c1-4-12-28(13-5-2)14-11-26-23(30)21-18(24)7-6-8-20(21)27-22(29)17-10-9-16(31-3)15-19(17)25/h6-10,15H,4-5,11-14H2,1-3H3,(H,26,30)(H,27,29). The van der Waals surface area contributed by atoms with E-state index in [1.54, 1.807) is 0 Å². The van der Waals surface area contributed by atoms with Crippen molar-refractivity contribution in [1.82, 2.24) is 10.2 Å². The molecule has 0 saturated heterocycles. The molecule has 0 atom stereocenters. The summed E-state index contributed by atoms with van der Waals surface area (Å²) in [6.07, 6.45) is 2.00. The Balaban J connectivity index is 2.12. The Hall–Kier alpha value is -3.00. The zero-order valence-corrected chi connectivity index (χ0v) is 18.1. The van der Waals surface area contributed by atoms with Gasteiger partial charge in [-0.15, -0.1) is 0 Å². The van der Waals surface area contributed by atoms with Crippen LogP contribution in [0.15, 0.2) is 36.4 Å². The Labute approximate surface area is 181 Å². The molecule has 6 nitrogen and oxygen atoms in total. The lowest BCUT2D eigenvalue weighted by Crippen LogP contribution is -2.36. The Morgan fingerprint density at radius 1 is 0.968 bits per heavy atom. The van der Waals surface area contributed by atoms with Gasteiger partial charge in [0, 0.05) is 19.2 Å². The van der Waals surface area contributed by atoms with E-state index in [4.69, 9.17) is 4.74 Å². The highest BCUT2D eigenvalue weighted by Gasteiger charge is 2.20. The van der Waals surface area contributed by atoms with E-state index >= 15 is 0 Å². The van der Waals surface area contributed by atoms with Crippen molar-refractivity contribution in [1.29, 1.82) is 0 Å². The average molecular weight is 433 g/mol. The highest BCUT2D eigenvalue weighted by atomic mass is 19.1. The van der Waals surface area contributed by atoms with Crippen molar-refractivity contribution in [2.45, 2.75) is 26.7 Å². The van der Waals surface area contributed by atoms with Gasteiger partial charge in [0.2, 0.25) is 0 Å². The number of carbonyl (C=O) groups is 2. The summed E-state index contributed by atoms with van der Waals surface area (Å²) in [6.45, 7) is 6.98. The third-order valence-electron chi connectivity index (χ3n) is 4.70. The summed E-state index contributed by atoms with van der Waals surface area (Å²) >= 11 is 0. The fraction of sp³-hybridized carbons (Fsp3) is 0.391. The van der Waals surface area contributed by atoms with Crippen LogP contribution in [0.1, 0.15) is 47.4 Å². The Morgan fingerprint density at radius 2 is 1.68 bits per heavy atom. The van der Waals surface area contributed by atoms with Crippen molar-refractivity contribution in [3.05, 3.63) is 59.2 Å². The largest absolute Gasteiger partial charge is 0.497 e. The summed E-state index contributed by atoms with van der Waals surface area (Å²) in [6, 6.07) is 7.69. The maximum absolute atomic E-state index is 14.4. The van der Waals surface area contributed by atoms with Crippen LogP contribution in [0.25, 0.3) is 0 Å².